The van der Waals surface area contributed by atoms with Gasteiger partial charge in [0.05, 0.1) is 10.3 Å². The molecule has 0 fully saturated rings. The highest BCUT2D eigenvalue weighted by molar-refractivity contribution is 7.27. The molecule has 0 amide bonds. The van der Waals surface area contributed by atoms with Gasteiger partial charge in [0.2, 0.25) is 0 Å². The van der Waals surface area contributed by atoms with E-state index in [2.05, 4.69) is 133 Å². The number of aromatic nitrogens is 3. The molecule has 7 heteroatoms. The first kappa shape index (κ1) is 32.0. The predicted molar refractivity (Wildman–Crippen MR) is 242 cm³/mol. The van der Waals surface area contributed by atoms with E-state index >= 15 is 0 Å². The zero-order valence-corrected chi connectivity index (χ0v) is 32.2. The van der Waals surface area contributed by atoms with Crippen LogP contribution in [0.4, 0.5) is 0 Å². The molecule has 58 heavy (non-hydrogen) atoms. The van der Waals surface area contributed by atoms with Crippen molar-refractivity contribution in [3.63, 3.8) is 0 Å². The number of nitrogens with zero attached hydrogens (tertiary/aromatic N) is 3. The van der Waals surface area contributed by atoms with Gasteiger partial charge in [0.1, 0.15) is 22.3 Å². The Morgan fingerprint density at radius 1 is 0.345 bits per heavy atom. The monoisotopic (exact) mass is 777 g/mol. The molecule has 0 unspecified atom stereocenters. The Kier molecular flexibility index (Phi) is 6.70. The molecule has 0 atom stereocenters. The fourth-order valence-electron chi connectivity index (χ4n) is 8.65. The lowest BCUT2D eigenvalue weighted by atomic mass is 10.0. The van der Waals surface area contributed by atoms with Crippen molar-refractivity contribution < 1.29 is 8.83 Å². The summed E-state index contributed by atoms with van der Waals surface area (Å²) in [5.41, 5.74) is 8.27. The maximum Gasteiger partial charge on any atom is 0.167 e. The molecule has 0 aliphatic carbocycles. The Morgan fingerprint density at radius 2 is 0.862 bits per heavy atom. The molecule has 5 nitrogen and oxygen atoms in total. The largest absolute Gasteiger partial charge is 0.455 e. The van der Waals surface area contributed by atoms with Gasteiger partial charge in [-0.1, -0.05) is 127 Å². The van der Waals surface area contributed by atoms with Gasteiger partial charge >= 0.3 is 0 Å². The summed E-state index contributed by atoms with van der Waals surface area (Å²) < 4.78 is 18.1. The van der Waals surface area contributed by atoms with Crippen LogP contribution in [-0.4, -0.2) is 15.0 Å². The number of thiophene rings is 2. The van der Waals surface area contributed by atoms with Crippen LogP contribution in [0, 0.1) is 0 Å². The Balaban J connectivity index is 1.14. The van der Waals surface area contributed by atoms with Gasteiger partial charge in [0.15, 0.2) is 17.5 Å². The second kappa shape index (κ2) is 12.2. The van der Waals surface area contributed by atoms with Crippen molar-refractivity contribution in [2.24, 2.45) is 0 Å². The van der Waals surface area contributed by atoms with Crippen molar-refractivity contribution >= 4 is 107 Å². The third kappa shape index (κ3) is 4.66. The highest BCUT2D eigenvalue weighted by atomic mass is 32.1. The predicted octanol–water partition coefficient (Wildman–Crippen LogP) is 15.1. The third-order valence-electron chi connectivity index (χ3n) is 11.3. The summed E-state index contributed by atoms with van der Waals surface area (Å²) in [6.45, 7) is 0. The van der Waals surface area contributed by atoms with Crippen LogP contribution < -0.4 is 0 Å². The van der Waals surface area contributed by atoms with Gasteiger partial charge in [0.25, 0.3) is 0 Å². The number of benzene rings is 8. The van der Waals surface area contributed by atoms with Crippen LogP contribution in [0.5, 0.6) is 0 Å². The summed E-state index contributed by atoms with van der Waals surface area (Å²) in [5.74, 6) is 1.74. The van der Waals surface area contributed by atoms with Crippen molar-refractivity contribution in [3.8, 4) is 45.3 Å². The molecular weight excluding hydrogens is 751 g/mol. The molecular formula is C51H27N3O2S2. The molecule has 0 radical (unpaired) electrons. The van der Waals surface area contributed by atoms with Gasteiger partial charge in [0, 0.05) is 68.3 Å². The van der Waals surface area contributed by atoms with Gasteiger partial charge in [-0.05, 0) is 47.5 Å². The number of rotatable bonds is 4. The molecule has 0 N–H and O–H groups in total. The maximum absolute atomic E-state index is 6.80. The molecule has 0 aliphatic heterocycles. The smallest absolute Gasteiger partial charge is 0.167 e. The lowest BCUT2D eigenvalue weighted by Crippen LogP contribution is -2.00. The second-order valence-corrected chi connectivity index (χ2v) is 16.8. The van der Waals surface area contributed by atoms with Gasteiger partial charge < -0.3 is 8.83 Å². The van der Waals surface area contributed by atoms with Crippen molar-refractivity contribution in [1.29, 1.82) is 0 Å². The summed E-state index contributed by atoms with van der Waals surface area (Å²) in [6, 6.07) is 57.1. The Morgan fingerprint density at radius 3 is 1.66 bits per heavy atom. The molecule has 0 saturated heterocycles. The van der Waals surface area contributed by atoms with E-state index in [1.54, 1.807) is 22.7 Å². The fourth-order valence-corrected chi connectivity index (χ4v) is 11.1. The van der Waals surface area contributed by atoms with E-state index in [0.717, 1.165) is 92.6 Å². The zero-order valence-electron chi connectivity index (χ0n) is 30.6. The quantitative estimate of drug-likeness (QED) is 0.178. The lowest BCUT2D eigenvalue weighted by molar-refractivity contribution is 0.670. The minimum absolute atomic E-state index is 0.555. The van der Waals surface area contributed by atoms with E-state index in [4.69, 9.17) is 23.8 Å². The van der Waals surface area contributed by atoms with E-state index in [9.17, 15) is 0 Å². The van der Waals surface area contributed by atoms with E-state index in [1.165, 1.54) is 19.5 Å². The SMILES string of the molecule is c1ccc(-c2ccc(-c3nc(-c4cc5c6ccccc6sc5c5c4oc4ccccc45)nc(-c4cc5c6ccccc6oc5c5c4sc4ccccc45)n3)cc2)cc1. The molecule has 0 spiro atoms. The Bertz CT molecular complexity index is 3590. The van der Waals surface area contributed by atoms with Crippen LogP contribution in [0.3, 0.4) is 0 Å². The first-order valence-electron chi connectivity index (χ1n) is 19.2. The van der Waals surface area contributed by atoms with E-state index in [1.807, 2.05) is 30.3 Å². The summed E-state index contributed by atoms with van der Waals surface area (Å²) >= 11 is 3.54. The average molecular weight is 778 g/mol. The molecule has 5 aromatic heterocycles. The van der Waals surface area contributed by atoms with Crippen LogP contribution in [0.15, 0.2) is 173 Å². The standard InChI is InChI=1S/C51H27N3O2S2/c1-2-12-28(13-3-1)29-22-24-30(25-23-29)49-52-50(37-27-36-32-15-6-10-20-41(32)57-47(36)43-33-16-5-9-19-40(33)56-46(37)43)54-51(53-49)38-26-35-31-14-4-8-18-39(31)55-45(35)44-34-17-7-11-21-42(34)58-48(38)44/h1-27H. The van der Waals surface area contributed by atoms with Gasteiger partial charge in [-0.15, -0.1) is 22.7 Å². The highest BCUT2D eigenvalue weighted by Gasteiger charge is 2.25. The van der Waals surface area contributed by atoms with Gasteiger partial charge in [-0.2, -0.15) is 0 Å². The van der Waals surface area contributed by atoms with Gasteiger partial charge in [-0.3, -0.25) is 0 Å². The molecule has 13 rings (SSSR count). The van der Waals surface area contributed by atoms with Crippen LogP contribution in [-0.2, 0) is 0 Å². The Hall–Kier alpha value is -7.19. The van der Waals surface area contributed by atoms with Crippen LogP contribution in [0.25, 0.3) is 130 Å². The highest BCUT2D eigenvalue weighted by Crippen LogP contribution is 2.48. The van der Waals surface area contributed by atoms with Crippen LogP contribution in [0.1, 0.15) is 0 Å². The van der Waals surface area contributed by atoms with Crippen LogP contribution in [0.2, 0.25) is 0 Å². The molecule has 270 valence electrons. The first-order valence-corrected chi connectivity index (χ1v) is 20.8. The number of furan rings is 2. The maximum atomic E-state index is 6.80. The van der Waals surface area contributed by atoms with Crippen LogP contribution >= 0.6 is 22.7 Å². The molecule has 8 aromatic carbocycles. The van der Waals surface area contributed by atoms with E-state index in [-0.39, 0.29) is 0 Å². The normalized spacial score (nSPS) is 12.1. The average Bonchev–Trinajstić information content (AvgIpc) is 4.06. The number of fused-ring (bicyclic) bond motifs is 14. The zero-order chi connectivity index (χ0) is 37.9. The van der Waals surface area contributed by atoms with Crippen molar-refractivity contribution in [2.45, 2.75) is 0 Å². The Labute approximate surface area is 338 Å². The first-order chi connectivity index (χ1) is 28.7. The molecule has 0 aliphatic rings. The minimum atomic E-state index is 0.555. The minimum Gasteiger partial charge on any atom is -0.455 e. The topological polar surface area (TPSA) is 65.0 Å². The fraction of sp³-hybridized carbons (Fsp3) is 0. The lowest BCUT2D eigenvalue weighted by Gasteiger charge is -2.11. The number of para-hydroxylation sites is 2. The summed E-state index contributed by atoms with van der Waals surface area (Å²) in [6.07, 6.45) is 0. The summed E-state index contributed by atoms with van der Waals surface area (Å²) in [4.78, 5) is 16.1. The number of hydrogen-bond donors (Lipinski definition) is 0. The molecule has 0 bridgehead atoms. The second-order valence-electron chi connectivity index (χ2n) is 14.7. The molecule has 0 saturated carbocycles. The van der Waals surface area contributed by atoms with Crippen molar-refractivity contribution in [3.05, 3.63) is 164 Å². The van der Waals surface area contributed by atoms with E-state index in [0.29, 0.717) is 17.5 Å². The summed E-state index contributed by atoms with van der Waals surface area (Å²) in [5, 5.41) is 8.83. The van der Waals surface area contributed by atoms with E-state index < -0.39 is 0 Å². The summed E-state index contributed by atoms with van der Waals surface area (Å²) in [7, 11) is 0. The van der Waals surface area contributed by atoms with Crippen molar-refractivity contribution in [1.82, 2.24) is 15.0 Å². The van der Waals surface area contributed by atoms with Gasteiger partial charge in [-0.25, -0.2) is 15.0 Å². The third-order valence-corrected chi connectivity index (χ3v) is 13.8. The molecule has 5 heterocycles. The van der Waals surface area contributed by atoms with Crippen molar-refractivity contribution in [2.75, 3.05) is 0 Å². The molecule has 13 aromatic rings. The number of hydrogen-bond acceptors (Lipinski definition) is 7.